The molecule has 0 spiro atoms. The number of hydrogen-bond donors (Lipinski definition) is 2. The Morgan fingerprint density at radius 2 is 1.92 bits per heavy atom. The first-order valence-corrected chi connectivity index (χ1v) is 10.0. The van der Waals surface area contributed by atoms with Crippen LogP contribution in [0.15, 0.2) is 52.4 Å². The highest BCUT2D eigenvalue weighted by Gasteiger charge is 2.31. The average molecular weight is 369 g/mol. The molecule has 0 saturated carbocycles. The lowest BCUT2D eigenvalue weighted by atomic mass is 10.1. The highest BCUT2D eigenvalue weighted by Crippen LogP contribution is 2.25. The molecule has 0 bridgehead atoms. The van der Waals surface area contributed by atoms with E-state index in [9.17, 15) is 13.2 Å². The standard InChI is InChI=1S/C19H19N3O3S/c1-12(19(23)21-15-10-9-13-5-4-6-14(13)11-15)20-18-16-7-2-3-8-17(16)26(24,25)22-18/h2-3,7-12H,4-6H2,1H3,(H,20,22)(H,21,23)/t12-/m1/s1. The lowest BCUT2D eigenvalue weighted by Crippen LogP contribution is -2.28. The van der Waals surface area contributed by atoms with Crippen molar-refractivity contribution in [3.63, 3.8) is 0 Å². The number of aryl methyl sites for hydroxylation is 2. The summed E-state index contributed by atoms with van der Waals surface area (Å²) in [5.74, 6) is -0.0729. The molecule has 26 heavy (non-hydrogen) atoms. The largest absolute Gasteiger partial charge is 0.324 e. The number of sulfonamides is 1. The summed E-state index contributed by atoms with van der Waals surface area (Å²) < 4.78 is 26.7. The molecule has 4 rings (SSSR count). The van der Waals surface area contributed by atoms with E-state index in [1.165, 1.54) is 17.2 Å². The molecule has 1 atom stereocenters. The van der Waals surface area contributed by atoms with Crippen LogP contribution < -0.4 is 10.0 Å². The molecule has 2 aliphatic rings. The fraction of sp³-hybridized carbons (Fsp3) is 0.263. The van der Waals surface area contributed by atoms with Gasteiger partial charge in [-0.25, -0.2) is 8.42 Å². The quantitative estimate of drug-likeness (QED) is 0.870. The van der Waals surface area contributed by atoms with Crippen molar-refractivity contribution in [1.82, 2.24) is 4.72 Å². The van der Waals surface area contributed by atoms with Crippen molar-refractivity contribution in [3.05, 3.63) is 59.2 Å². The maximum absolute atomic E-state index is 12.5. The van der Waals surface area contributed by atoms with Crippen molar-refractivity contribution in [3.8, 4) is 0 Å². The van der Waals surface area contributed by atoms with Crippen LogP contribution in [0.5, 0.6) is 0 Å². The van der Waals surface area contributed by atoms with Crippen LogP contribution in [-0.4, -0.2) is 26.2 Å². The summed E-state index contributed by atoms with van der Waals surface area (Å²) in [5, 5.41) is 2.87. The molecule has 0 fully saturated rings. The minimum atomic E-state index is -3.60. The van der Waals surface area contributed by atoms with Crippen molar-refractivity contribution in [2.24, 2.45) is 4.99 Å². The van der Waals surface area contributed by atoms with E-state index in [0.717, 1.165) is 24.9 Å². The van der Waals surface area contributed by atoms with Gasteiger partial charge in [-0.15, -0.1) is 0 Å². The first kappa shape index (κ1) is 16.8. The van der Waals surface area contributed by atoms with Crippen LogP contribution in [0.1, 0.15) is 30.0 Å². The third-order valence-corrected chi connectivity index (χ3v) is 6.13. The lowest BCUT2D eigenvalue weighted by molar-refractivity contribution is -0.117. The zero-order valence-corrected chi connectivity index (χ0v) is 15.1. The first-order valence-electron chi connectivity index (χ1n) is 8.57. The zero-order valence-electron chi connectivity index (χ0n) is 14.3. The smallest absolute Gasteiger partial charge is 0.263 e. The molecule has 1 aliphatic carbocycles. The van der Waals surface area contributed by atoms with Gasteiger partial charge in [0.1, 0.15) is 11.9 Å². The minimum Gasteiger partial charge on any atom is -0.324 e. The predicted octanol–water partition coefficient (Wildman–Crippen LogP) is 2.24. The Morgan fingerprint density at radius 1 is 1.15 bits per heavy atom. The van der Waals surface area contributed by atoms with Crippen molar-refractivity contribution >= 4 is 27.5 Å². The van der Waals surface area contributed by atoms with E-state index in [1.807, 2.05) is 12.1 Å². The molecule has 2 aromatic rings. The van der Waals surface area contributed by atoms with Crippen molar-refractivity contribution in [1.29, 1.82) is 0 Å². The summed E-state index contributed by atoms with van der Waals surface area (Å²) in [5.41, 5.74) is 3.85. The fourth-order valence-electron chi connectivity index (χ4n) is 3.38. The molecule has 0 unspecified atom stereocenters. The van der Waals surface area contributed by atoms with E-state index in [2.05, 4.69) is 21.1 Å². The van der Waals surface area contributed by atoms with Crippen LogP contribution in [0.3, 0.4) is 0 Å². The number of anilines is 1. The molecule has 2 aromatic carbocycles. The normalized spacial score (nSPS) is 19.5. The number of amidine groups is 1. The highest BCUT2D eigenvalue weighted by molar-refractivity contribution is 7.90. The molecule has 1 amide bonds. The van der Waals surface area contributed by atoms with Crippen LogP contribution in [0, 0.1) is 0 Å². The van der Waals surface area contributed by atoms with E-state index >= 15 is 0 Å². The van der Waals surface area contributed by atoms with Crippen LogP contribution in [0.4, 0.5) is 5.69 Å². The molecule has 6 nitrogen and oxygen atoms in total. The number of nitrogens with zero attached hydrogens (tertiary/aromatic N) is 1. The van der Waals surface area contributed by atoms with E-state index < -0.39 is 16.1 Å². The molecule has 0 aromatic heterocycles. The molecule has 1 heterocycles. The first-order chi connectivity index (χ1) is 12.4. The zero-order chi connectivity index (χ0) is 18.3. The third kappa shape index (κ3) is 2.99. The summed E-state index contributed by atoms with van der Waals surface area (Å²) in [6, 6.07) is 11.8. The van der Waals surface area contributed by atoms with Gasteiger partial charge < -0.3 is 5.32 Å². The summed E-state index contributed by atoms with van der Waals surface area (Å²) in [6.07, 6.45) is 3.28. The van der Waals surface area contributed by atoms with Crippen LogP contribution in [-0.2, 0) is 27.7 Å². The number of carbonyl (C=O) groups is 1. The second kappa shape index (κ2) is 6.25. The number of benzene rings is 2. The maximum Gasteiger partial charge on any atom is 0.263 e. The molecule has 1 aliphatic heterocycles. The van der Waals surface area contributed by atoms with Gasteiger partial charge in [-0.2, -0.15) is 0 Å². The summed E-state index contributed by atoms with van der Waals surface area (Å²) >= 11 is 0. The number of fused-ring (bicyclic) bond motifs is 2. The fourth-order valence-corrected chi connectivity index (χ4v) is 4.62. The molecular formula is C19H19N3O3S. The van der Waals surface area contributed by atoms with Crippen LogP contribution >= 0.6 is 0 Å². The Kier molecular flexibility index (Phi) is 4.03. The summed E-state index contributed by atoms with van der Waals surface area (Å²) in [7, 11) is -3.60. The maximum atomic E-state index is 12.5. The van der Waals surface area contributed by atoms with Gasteiger partial charge in [0.05, 0.1) is 4.90 Å². The van der Waals surface area contributed by atoms with Crippen LogP contribution in [0.2, 0.25) is 0 Å². The van der Waals surface area contributed by atoms with Gasteiger partial charge in [0.2, 0.25) is 5.91 Å². The Balaban J connectivity index is 1.54. The van der Waals surface area contributed by atoms with Crippen LogP contribution in [0.25, 0.3) is 0 Å². The Morgan fingerprint density at radius 3 is 2.77 bits per heavy atom. The predicted molar refractivity (Wildman–Crippen MR) is 99.9 cm³/mol. The lowest BCUT2D eigenvalue weighted by Gasteiger charge is -2.11. The SMILES string of the molecule is C[C@@H](N=C1NS(=O)(=O)c2ccccc21)C(=O)Nc1ccc2c(c1)CCC2. The van der Waals surface area contributed by atoms with E-state index in [0.29, 0.717) is 5.56 Å². The minimum absolute atomic E-state index is 0.185. The topological polar surface area (TPSA) is 87.6 Å². The Hall–Kier alpha value is -2.67. The molecule has 0 saturated heterocycles. The van der Waals surface area contributed by atoms with Crippen molar-refractivity contribution in [2.75, 3.05) is 5.32 Å². The molecular weight excluding hydrogens is 350 g/mol. The van der Waals surface area contributed by atoms with Gasteiger partial charge >= 0.3 is 0 Å². The van der Waals surface area contributed by atoms with Gasteiger partial charge in [0.15, 0.2) is 0 Å². The molecule has 7 heteroatoms. The number of nitrogens with one attached hydrogen (secondary N) is 2. The van der Waals surface area contributed by atoms with Crippen molar-refractivity contribution < 1.29 is 13.2 Å². The molecule has 2 N–H and O–H groups in total. The second-order valence-corrected chi connectivity index (χ2v) is 8.23. The monoisotopic (exact) mass is 369 g/mol. The Bertz CT molecular complexity index is 1030. The van der Waals surface area contributed by atoms with E-state index in [1.54, 1.807) is 25.1 Å². The van der Waals surface area contributed by atoms with Gasteiger partial charge in [-0.05, 0) is 61.6 Å². The number of rotatable bonds is 3. The van der Waals surface area contributed by atoms with Crippen molar-refractivity contribution in [2.45, 2.75) is 37.1 Å². The number of aliphatic imine (C=N–C) groups is 1. The average Bonchev–Trinajstić information content (AvgIpc) is 3.17. The van der Waals surface area contributed by atoms with Gasteiger partial charge in [-0.3, -0.25) is 14.5 Å². The van der Waals surface area contributed by atoms with E-state index in [4.69, 9.17) is 0 Å². The van der Waals surface area contributed by atoms with Gasteiger partial charge in [0.25, 0.3) is 10.0 Å². The van der Waals surface area contributed by atoms with Gasteiger partial charge in [-0.1, -0.05) is 18.2 Å². The van der Waals surface area contributed by atoms with Gasteiger partial charge in [0, 0.05) is 11.3 Å². The molecule has 134 valence electrons. The number of amides is 1. The number of carbonyl (C=O) groups excluding carboxylic acids is 1. The third-order valence-electron chi connectivity index (χ3n) is 4.73. The highest BCUT2D eigenvalue weighted by atomic mass is 32.2. The Labute approximate surface area is 152 Å². The summed E-state index contributed by atoms with van der Waals surface area (Å²) in [6.45, 7) is 1.64. The summed E-state index contributed by atoms with van der Waals surface area (Å²) in [4.78, 5) is 17.0. The molecule has 0 radical (unpaired) electrons. The number of hydrogen-bond acceptors (Lipinski definition) is 4. The second-order valence-electron chi connectivity index (χ2n) is 6.58. The van der Waals surface area contributed by atoms with E-state index in [-0.39, 0.29) is 16.6 Å².